The molecule has 1 aliphatic rings. The predicted molar refractivity (Wildman–Crippen MR) is 198 cm³/mol. The summed E-state index contributed by atoms with van der Waals surface area (Å²) in [5.74, 6) is 0. The van der Waals surface area contributed by atoms with E-state index in [1.165, 1.54) is 72.2 Å². The van der Waals surface area contributed by atoms with E-state index >= 15 is 0 Å². The molecule has 0 aliphatic carbocycles. The normalized spacial score (nSPS) is 13.4. The van der Waals surface area contributed by atoms with E-state index < -0.39 is 0 Å². The predicted octanol–water partition coefficient (Wildman–Crippen LogP) is 12.2. The first-order valence-corrected chi connectivity index (χ1v) is 16.4. The minimum Gasteiger partial charge on any atom is -0.310 e. The Bertz CT molecular complexity index is 2420. The van der Waals surface area contributed by atoms with E-state index in [1.54, 1.807) is 0 Å². The molecule has 8 aromatic rings. The van der Waals surface area contributed by atoms with Gasteiger partial charge in [-0.15, -0.1) is 0 Å². The summed E-state index contributed by atoms with van der Waals surface area (Å²) in [6.07, 6.45) is 0. The molecule has 0 bridgehead atoms. The molecule has 9 rings (SSSR count). The van der Waals surface area contributed by atoms with E-state index in [1.807, 2.05) is 0 Å². The molecule has 0 spiro atoms. The van der Waals surface area contributed by atoms with Crippen molar-refractivity contribution in [2.45, 2.75) is 19.3 Å². The van der Waals surface area contributed by atoms with Crippen LogP contribution in [0.1, 0.15) is 25.0 Å². The number of para-hydroxylation sites is 2. The number of nitrogens with zero attached hydrogens (tertiary/aromatic N) is 2. The molecule has 0 saturated carbocycles. The molecule has 2 heteroatoms. The summed E-state index contributed by atoms with van der Waals surface area (Å²) in [5, 5.41) is 2.54. The number of hydrogen-bond donors (Lipinski definition) is 0. The Hall–Kier alpha value is -5.86. The number of aromatic nitrogens is 1. The fourth-order valence-electron chi connectivity index (χ4n) is 7.75. The summed E-state index contributed by atoms with van der Waals surface area (Å²) in [7, 11) is 0. The fourth-order valence-corrected chi connectivity index (χ4v) is 7.75. The Morgan fingerprint density at radius 2 is 1.04 bits per heavy atom. The third kappa shape index (κ3) is 4.26. The highest BCUT2D eigenvalue weighted by atomic mass is 15.2. The van der Waals surface area contributed by atoms with Crippen molar-refractivity contribution in [3.63, 3.8) is 0 Å². The SMILES string of the molecule is CC1(C)c2ccccc2N(c2ccc(-c3ccccc3)cc2)c2ccc3c4ccccc4n(-c4cccc(-c5ccccc5)c4)c3c21. The maximum Gasteiger partial charge on any atom is 0.0602 e. The maximum absolute atomic E-state index is 2.50. The number of rotatable bonds is 4. The van der Waals surface area contributed by atoms with Crippen molar-refractivity contribution < 1.29 is 0 Å². The van der Waals surface area contributed by atoms with Crippen LogP contribution in [0.2, 0.25) is 0 Å². The first-order chi connectivity index (χ1) is 23.1. The lowest BCUT2D eigenvalue weighted by molar-refractivity contribution is 0.636. The van der Waals surface area contributed by atoms with Crippen LogP contribution in [-0.4, -0.2) is 4.57 Å². The number of hydrogen-bond acceptors (Lipinski definition) is 1. The first kappa shape index (κ1) is 27.5. The van der Waals surface area contributed by atoms with Crippen molar-refractivity contribution in [2.24, 2.45) is 0 Å². The Labute approximate surface area is 275 Å². The van der Waals surface area contributed by atoms with Gasteiger partial charge in [-0.1, -0.05) is 141 Å². The minimum absolute atomic E-state index is 0.255. The van der Waals surface area contributed by atoms with Crippen LogP contribution in [-0.2, 0) is 5.41 Å². The Morgan fingerprint density at radius 1 is 0.426 bits per heavy atom. The molecule has 2 nitrogen and oxygen atoms in total. The molecule has 0 unspecified atom stereocenters. The standard InChI is InChI=1S/C45H34N2/c1-45(2)39-21-10-12-23-41(39)46(35-26-24-33(25-27-35)31-14-5-3-6-15-31)42-29-28-38-37-20-9-11-22-40(37)47(44(38)43(42)45)36-19-13-18-34(30-36)32-16-7-4-8-17-32/h3-30H,1-2H3. The minimum atomic E-state index is -0.255. The molecule has 1 aliphatic heterocycles. The summed E-state index contributed by atoms with van der Waals surface area (Å²) in [6, 6.07) is 61.8. The van der Waals surface area contributed by atoms with E-state index in [9.17, 15) is 0 Å². The molecule has 0 saturated heterocycles. The molecule has 1 aromatic heterocycles. The fraction of sp³-hybridized carbons (Fsp3) is 0.0667. The van der Waals surface area contributed by atoms with Crippen molar-refractivity contribution in [3.05, 3.63) is 181 Å². The van der Waals surface area contributed by atoms with Gasteiger partial charge in [0.05, 0.1) is 22.4 Å². The summed E-state index contributed by atoms with van der Waals surface area (Å²) in [5.41, 5.74) is 14.5. The van der Waals surface area contributed by atoms with Crippen molar-refractivity contribution in [3.8, 4) is 27.9 Å². The zero-order chi connectivity index (χ0) is 31.5. The first-order valence-electron chi connectivity index (χ1n) is 16.4. The van der Waals surface area contributed by atoms with Crippen molar-refractivity contribution in [1.82, 2.24) is 4.57 Å². The quantitative estimate of drug-likeness (QED) is 0.195. The van der Waals surface area contributed by atoms with Gasteiger partial charge in [-0.2, -0.15) is 0 Å². The van der Waals surface area contributed by atoms with E-state index in [0.717, 1.165) is 5.69 Å². The lowest BCUT2D eigenvalue weighted by Crippen LogP contribution is -2.31. The van der Waals surface area contributed by atoms with Crippen LogP contribution in [0.4, 0.5) is 17.1 Å². The average molecular weight is 603 g/mol. The Balaban J connectivity index is 1.33. The summed E-state index contributed by atoms with van der Waals surface area (Å²) in [6.45, 7) is 4.78. The smallest absolute Gasteiger partial charge is 0.0602 e. The zero-order valence-electron chi connectivity index (χ0n) is 26.6. The van der Waals surface area contributed by atoms with Crippen LogP contribution in [0.5, 0.6) is 0 Å². The highest BCUT2D eigenvalue weighted by molar-refractivity contribution is 6.13. The second-order valence-corrected chi connectivity index (χ2v) is 13.0. The van der Waals surface area contributed by atoms with Crippen molar-refractivity contribution in [1.29, 1.82) is 0 Å². The number of anilines is 3. The van der Waals surface area contributed by atoms with Gasteiger partial charge in [0, 0.05) is 33.1 Å². The van der Waals surface area contributed by atoms with E-state index in [-0.39, 0.29) is 5.41 Å². The largest absolute Gasteiger partial charge is 0.310 e. The molecule has 2 heterocycles. The van der Waals surface area contributed by atoms with Gasteiger partial charge in [0.25, 0.3) is 0 Å². The van der Waals surface area contributed by atoms with Gasteiger partial charge >= 0.3 is 0 Å². The average Bonchev–Trinajstić information content (AvgIpc) is 3.47. The molecule has 47 heavy (non-hydrogen) atoms. The van der Waals surface area contributed by atoms with Crippen molar-refractivity contribution >= 4 is 38.9 Å². The van der Waals surface area contributed by atoms with Gasteiger partial charge in [-0.05, 0) is 70.3 Å². The molecule has 0 fully saturated rings. The van der Waals surface area contributed by atoms with E-state index in [2.05, 4.69) is 193 Å². The van der Waals surface area contributed by atoms with Gasteiger partial charge < -0.3 is 9.47 Å². The maximum atomic E-state index is 2.50. The van der Waals surface area contributed by atoms with Crippen LogP contribution in [0.25, 0.3) is 49.7 Å². The topological polar surface area (TPSA) is 8.17 Å². The molecular formula is C45H34N2. The summed E-state index contributed by atoms with van der Waals surface area (Å²) in [4.78, 5) is 2.46. The monoisotopic (exact) mass is 602 g/mol. The Morgan fingerprint density at radius 3 is 1.81 bits per heavy atom. The third-order valence-electron chi connectivity index (χ3n) is 9.94. The molecular weight excluding hydrogens is 569 g/mol. The highest BCUT2D eigenvalue weighted by Gasteiger charge is 2.39. The number of fused-ring (bicyclic) bond motifs is 6. The zero-order valence-corrected chi connectivity index (χ0v) is 26.6. The van der Waals surface area contributed by atoms with Crippen LogP contribution in [0.3, 0.4) is 0 Å². The molecule has 0 amide bonds. The van der Waals surface area contributed by atoms with Crippen LogP contribution >= 0.6 is 0 Å². The molecule has 0 atom stereocenters. The summed E-state index contributed by atoms with van der Waals surface area (Å²) < 4.78 is 2.50. The molecule has 0 radical (unpaired) electrons. The lowest BCUT2D eigenvalue weighted by Gasteiger charge is -2.42. The Kier molecular flexibility index (Phi) is 6.20. The van der Waals surface area contributed by atoms with E-state index in [4.69, 9.17) is 0 Å². The molecule has 7 aromatic carbocycles. The van der Waals surface area contributed by atoms with Crippen LogP contribution < -0.4 is 4.90 Å². The molecule has 224 valence electrons. The van der Waals surface area contributed by atoms with Gasteiger partial charge in [0.15, 0.2) is 0 Å². The van der Waals surface area contributed by atoms with E-state index in [0.29, 0.717) is 0 Å². The third-order valence-corrected chi connectivity index (χ3v) is 9.94. The summed E-state index contributed by atoms with van der Waals surface area (Å²) >= 11 is 0. The van der Waals surface area contributed by atoms with Gasteiger partial charge in [-0.3, -0.25) is 0 Å². The lowest BCUT2D eigenvalue weighted by atomic mass is 9.72. The van der Waals surface area contributed by atoms with Crippen molar-refractivity contribution in [2.75, 3.05) is 4.90 Å². The second-order valence-electron chi connectivity index (χ2n) is 13.0. The molecule has 0 N–H and O–H groups in total. The van der Waals surface area contributed by atoms with Crippen LogP contribution in [0, 0.1) is 0 Å². The van der Waals surface area contributed by atoms with Gasteiger partial charge in [0.2, 0.25) is 0 Å². The highest BCUT2D eigenvalue weighted by Crippen LogP contribution is 2.55. The van der Waals surface area contributed by atoms with Gasteiger partial charge in [0.1, 0.15) is 0 Å². The second kappa shape index (κ2) is 10.6. The van der Waals surface area contributed by atoms with Crippen LogP contribution in [0.15, 0.2) is 170 Å². The number of benzene rings is 7. The van der Waals surface area contributed by atoms with Gasteiger partial charge in [-0.25, -0.2) is 0 Å².